The topological polar surface area (TPSA) is 0 Å². The molecule has 0 spiro atoms. The van der Waals surface area contributed by atoms with Crippen molar-refractivity contribution in [2.24, 2.45) is 0 Å². The summed E-state index contributed by atoms with van der Waals surface area (Å²) >= 11 is 8.51. The first-order valence-electron chi connectivity index (χ1n) is 3.78. The van der Waals surface area contributed by atoms with Crippen LogP contribution in [0.1, 0.15) is 16.7 Å². The van der Waals surface area contributed by atoms with E-state index in [-0.39, 0.29) is 11.4 Å². The molecule has 0 atom stereocenters. The predicted molar refractivity (Wildman–Crippen MR) is 53.4 cm³/mol. The molecule has 0 aliphatic rings. The van der Waals surface area contributed by atoms with E-state index in [1.165, 1.54) is 6.07 Å². The first-order chi connectivity index (χ1) is 6.36. The van der Waals surface area contributed by atoms with E-state index in [2.05, 4.69) is 15.9 Å². The van der Waals surface area contributed by atoms with Crippen molar-refractivity contribution in [2.45, 2.75) is 19.0 Å². The van der Waals surface area contributed by atoms with E-state index >= 15 is 0 Å². The largest absolute Gasteiger partial charge is 0.416 e. The van der Waals surface area contributed by atoms with Gasteiger partial charge in [0.05, 0.1) is 5.56 Å². The van der Waals surface area contributed by atoms with Gasteiger partial charge in [0.15, 0.2) is 0 Å². The number of aryl methyl sites for hydroxylation is 1. The van der Waals surface area contributed by atoms with E-state index in [4.69, 9.17) is 11.6 Å². The number of hydrogen-bond donors (Lipinski definition) is 0. The molecule has 0 bridgehead atoms. The summed E-state index contributed by atoms with van der Waals surface area (Å²) in [6.45, 7) is 1.72. The standard InChI is InChI=1S/C9H7BrClF3/c1-5-2-6(4-11)7(3-8(5)10)9(12,13)14/h2-3H,4H2,1H3. The van der Waals surface area contributed by atoms with Crippen LogP contribution in [-0.4, -0.2) is 0 Å². The van der Waals surface area contributed by atoms with Gasteiger partial charge in [0.1, 0.15) is 0 Å². The molecule has 0 saturated heterocycles. The van der Waals surface area contributed by atoms with Crippen molar-refractivity contribution in [1.82, 2.24) is 0 Å². The molecule has 14 heavy (non-hydrogen) atoms. The van der Waals surface area contributed by atoms with Gasteiger partial charge in [-0.25, -0.2) is 0 Å². The molecule has 0 aliphatic heterocycles. The number of rotatable bonds is 1. The summed E-state index contributed by atoms with van der Waals surface area (Å²) < 4.78 is 37.8. The van der Waals surface area contributed by atoms with Gasteiger partial charge in [-0.05, 0) is 24.1 Å². The fourth-order valence-electron chi connectivity index (χ4n) is 1.12. The summed E-state index contributed by atoms with van der Waals surface area (Å²) in [4.78, 5) is 0. The van der Waals surface area contributed by atoms with Crippen LogP contribution in [0.5, 0.6) is 0 Å². The zero-order chi connectivity index (χ0) is 10.9. The van der Waals surface area contributed by atoms with Crippen LogP contribution in [0.2, 0.25) is 0 Å². The lowest BCUT2D eigenvalue weighted by Gasteiger charge is -2.12. The Kier molecular flexibility index (Phi) is 3.48. The Morgan fingerprint density at radius 1 is 1.36 bits per heavy atom. The lowest BCUT2D eigenvalue weighted by Crippen LogP contribution is -2.09. The van der Waals surface area contributed by atoms with Crippen LogP contribution in [0.25, 0.3) is 0 Å². The molecule has 0 saturated carbocycles. The quantitative estimate of drug-likeness (QED) is 0.666. The Balaban J connectivity index is 3.35. The van der Waals surface area contributed by atoms with Gasteiger partial charge in [-0.3, -0.25) is 0 Å². The van der Waals surface area contributed by atoms with Gasteiger partial charge in [0.25, 0.3) is 0 Å². The van der Waals surface area contributed by atoms with E-state index in [0.29, 0.717) is 4.47 Å². The van der Waals surface area contributed by atoms with Crippen LogP contribution >= 0.6 is 27.5 Å². The molecule has 0 radical (unpaired) electrons. The van der Waals surface area contributed by atoms with E-state index in [0.717, 1.165) is 11.6 Å². The van der Waals surface area contributed by atoms with Crippen molar-refractivity contribution < 1.29 is 13.2 Å². The molecule has 5 heteroatoms. The third-order valence-electron chi connectivity index (χ3n) is 1.83. The highest BCUT2D eigenvalue weighted by molar-refractivity contribution is 9.10. The number of halogens is 5. The van der Waals surface area contributed by atoms with Crippen LogP contribution in [-0.2, 0) is 12.1 Å². The number of benzene rings is 1. The minimum absolute atomic E-state index is 0.111. The van der Waals surface area contributed by atoms with Gasteiger partial charge in [-0.15, -0.1) is 11.6 Å². The molecule has 1 rings (SSSR count). The van der Waals surface area contributed by atoms with E-state index in [9.17, 15) is 13.2 Å². The van der Waals surface area contributed by atoms with Crippen LogP contribution in [0.15, 0.2) is 16.6 Å². The molecule has 1 aromatic carbocycles. The summed E-state index contributed by atoms with van der Waals surface area (Å²) in [6, 6.07) is 2.51. The minimum atomic E-state index is -4.35. The maximum absolute atomic E-state index is 12.5. The summed E-state index contributed by atoms with van der Waals surface area (Å²) in [6.07, 6.45) is -4.35. The zero-order valence-corrected chi connectivity index (χ0v) is 9.59. The lowest BCUT2D eigenvalue weighted by molar-refractivity contribution is -0.138. The highest BCUT2D eigenvalue weighted by Gasteiger charge is 2.33. The Labute approximate surface area is 93.2 Å². The van der Waals surface area contributed by atoms with Crippen molar-refractivity contribution in [1.29, 1.82) is 0 Å². The normalized spacial score (nSPS) is 11.9. The summed E-state index contributed by atoms with van der Waals surface area (Å²) in [7, 11) is 0. The molecule has 0 amide bonds. The molecule has 0 unspecified atom stereocenters. The van der Waals surface area contributed by atoms with Crippen molar-refractivity contribution in [3.63, 3.8) is 0 Å². The molecule has 78 valence electrons. The molecule has 0 heterocycles. The first-order valence-corrected chi connectivity index (χ1v) is 5.11. The second-order valence-electron chi connectivity index (χ2n) is 2.89. The van der Waals surface area contributed by atoms with Gasteiger partial charge < -0.3 is 0 Å². The van der Waals surface area contributed by atoms with E-state index in [1.54, 1.807) is 6.92 Å². The molecule has 1 aromatic rings. The second kappa shape index (κ2) is 4.11. The average Bonchev–Trinajstić information content (AvgIpc) is 2.07. The van der Waals surface area contributed by atoms with Gasteiger partial charge >= 0.3 is 6.18 Å². The molecular formula is C9H7BrClF3. The first kappa shape index (κ1) is 11.9. The number of hydrogen-bond acceptors (Lipinski definition) is 0. The molecular weight excluding hydrogens is 280 g/mol. The zero-order valence-electron chi connectivity index (χ0n) is 7.25. The lowest BCUT2D eigenvalue weighted by atomic mass is 10.1. The van der Waals surface area contributed by atoms with Crippen LogP contribution in [0, 0.1) is 6.92 Å². The molecule has 0 nitrogen and oxygen atoms in total. The third-order valence-corrected chi connectivity index (χ3v) is 2.98. The van der Waals surface area contributed by atoms with Gasteiger partial charge in [-0.1, -0.05) is 22.0 Å². The molecule has 0 N–H and O–H groups in total. The van der Waals surface area contributed by atoms with Gasteiger partial charge in [0, 0.05) is 10.4 Å². The van der Waals surface area contributed by atoms with Crippen LogP contribution in [0.4, 0.5) is 13.2 Å². The van der Waals surface area contributed by atoms with Gasteiger partial charge in [0.2, 0.25) is 0 Å². The molecule has 0 aromatic heterocycles. The monoisotopic (exact) mass is 286 g/mol. The second-order valence-corrected chi connectivity index (χ2v) is 4.01. The summed E-state index contributed by atoms with van der Waals surface area (Å²) in [5.74, 6) is -0.136. The maximum Gasteiger partial charge on any atom is 0.416 e. The highest BCUT2D eigenvalue weighted by atomic mass is 79.9. The average molecular weight is 288 g/mol. The van der Waals surface area contributed by atoms with E-state index in [1.807, 2.05) is 0 Å². The SMILES string of the molecule is Cc1cc(CCl)c(C(F)(F)F)cc1Br. The van der Waals surface area contributed by atoms with Crippen LogP contribution < -0.4 is 0 Å². The predicted octanol–water partition coefficient (Wildman–Crippen LogP) is 4.52. The molecule has 0 aliphatic carbocycles. The van der Waals surface area contributed by atoms with E-state index < -0.39 is 11.7 Å². The molecule has 0 fully saturated rings. The minimum Gasteiger partial charge on any atom is -0.166 e. The fraction of sp³-hybridized carbons (Fsp3) is 0.333. The Morgan fingerprint density at radius 2 is 1.93 bits per heavy atom. The highest BCUT2D eigenvalue weighted by Crippen LogP contribution is 2.35. The van der Waals surface area contributed by atoms with Crippen LogP contribution in [0.3, 0.4) is 0 Å². The number of alkyl halides is 4. The van der Waals surface area contributed by atoms with Crippen molar-refractivity contribution >= 4 is 27.5 Å². The summed E-state index contributed by atoms with van der Waals surface area (Å²) in [5, 5.41) is 0. The van der Waals surface area contributed by atoms with Crippen molar-refractivity contribution in [3.8, 4) is 0 Å². The smallest absolute Gasteiger partial charge is 0.166 e. The Morgan fingerprint density at radius 3 is 2.36 bits per heavy atom. The third kappa shape index (κ3) is 2.42. The Hall–Kier alpha value is -0.220. The van der Waals surface area contributed by atoms with Crippen molar-refractivity contribution in [2.75, 3.05) is 0 Å². The fourth-order valence-corrected chi connectivity index (χ4v) is 1.68. The van der Waals surface area contributed by atoms with Gasteiger partial charge in [-0.2, -0.15) is 13.2 Å². The maximum atomic E-state index is 12.5. The van der Waals surface area contributed by atoms with Crippen molar-refractivity contribution in [3.05, 3.63) is 33.3 Å². The summed E-state index contributed by atoms with van der Waals surface area (Å²) in [5.41, 5.74) is 0.179. The Bertz CT molecular complexity index is 347.